The number of ether oxygens (including phenoxy) is 3. The van der Waals surface area contributed by atoms with Gasteiger partial charge in [0.05, 0.1) is 31.4 Å². The maximum absolute atomic E-state index is 12.9. The largest absolute Gasteiger partial charge is 0.495 e. The normalized spacial score (nSPS) is 14.1. The summed E-state index contributed by atoms with van der Waals surface area (Å²) in [5, 5.41) is 0. The molecule has 1 N–H and O–H groups in total. The highest BCUT2D eigenvalue weighted by Crippen LogP contribution is 2.34. The number of anilines is 1. The summed E-state index contributed by atoms with van der Waals surface area (Å²) < 4.78 is 44.5. The Morgan fingerprint density at radius 3 is 2.40 bits per heavy atom. The molecule has 1 amide bonds. The van der Waals surface area contributed by atoms with Gasteiger partial charge >= 0.3 is 0 Å². The molecule has 162 valence electrons. The molecule has 0 saturated carbocycles. The van der Waals surface area contributed by atoms with Gasteiger partial charge in [0.1, 0.15) is 5.75 Å². The molecule has 0 radical (unpaired) electrons. The van der Waals surface area contributed by atoms with Crippen molar-refractivity contribution in [3.8, 4) is 17.2 Å². The zero-order valence-corrected chi connectivity index (χ0v) is 18.1. The first kappa shape index (κ1) is 21.9. The highest BCUT2D eigenvalue weighted by Gasteiger charge is 2.26. The molecule has 0 atom stereocenters. The SMILES string of the molecule is CCOc1cc(CNS(=O)(=O)c2ccc(OC)c(N3CCCC3=O)c2)ccc1OC. The summed E-state index contributed by atoms with van der Waals surface area (Å²) in [6.45, 7) is 2.95. The first-order valence-electron chi connectivity index (χ1n) is 9.67. The van der Waals surface area contributed by atoms with Gasteiger partial charge in [-0.1, -0.05) is 6.07 Å². The van der Waals surface area contributed by atoms with Gasteiger partial charge in [0.15, 0.2) is 11.5 Å². The first-order chi connectivity index (χ1) is 14.4. The van der Waals surface area contributed by atoms with Gasteiger partial charge in [-0.3, -0.25) is 4.79 Å². The predicted molar refractivity (Wildman–Crippen MR) is 113 cm³/mol. The highest BCUT2D eigenvalue weighted by molar-refractivity contribution is 7.89. The van der Waals surface area contributed by atoms with Crippen LogP contribution in [0.3, 0.4) is 0 Å². The molecule has 0 aliphatic carbocycles. The molecule has 9 heteroatoms. The minimum atomic E-state index is -3.81. The number of nitrogens with zero attached hydrogens (tertiary/aromatic N) is 1. The molecule has 1 saturated heterocycles. The number of sulfonamides is 1. The van der Waals surface area contributed by atoms with Gasteiger partial charge in [-0.2, -0.15) is 0 Å². The van der Waals surface area contributed by atoms with Crippen molar-refractivity contribution in [1.82, 2.24) is 4.72 Å². The number of methoxy groups -OCH3 is 2. The summed E-state index contributed by atoms with van der Waals surface area (Å²) in [6, 6.07) is 9.75. The van der Waals surface area contributed by atoms with Gasteiger partial charge in [0.25, 0.3) is 0 Å². The molecule has 1 aliphatic rings. The molecule has 1 fully saturated rings. The minimum absolute atomic E-state index is 0.0440. The molecule has 1 heterocycles. The van der Waals surface area contributed by atoms with Crippen molar-refractivity contribution >= 4 is 21.6 Å². The van der Waals surface area contributed by atoms with Gasteiger partial charge < -0.3 is 19.1 Å². The molecule has 0 spiro atoms. The van der Waals surface area contributed by atoms with Crippen molar-refractivity contribution in [1.29, 1.82) is 0 Å². The fourth-order valence-electron chi connectivity index (χ4n) is 3.31. The second-order valence-corrected chi connectivity index (χ2v) is 8.49. The van der Waals surface area contributed by atoms with E-state index in [-0.39, 0.29) is 17.3 Å². The smallest absolute Gasteiger partial charge is 0.240 e. The Morgan fingerprint density at radius 2 is 1.77 bits per heavy atom. The topological polar surface area (TPSA) is 94.2 Å². The van der Waals surface area contributed by atoms with Crippen molar-refractivity contribution in [2.24, 2.45) is 0 Å². The summed E-state index contributed by atoms with van der Waals surface area (Å²) >= 11 is 0. The van der Waals surface area contributed by atoms with Crippen molar-refractivity contribution in [3.63, 3.8) is 0 Å². The molecular weight excluding hydrogens is 408 g/mol. The lowest BCUT2D eigenvalue weighted by Crippen LogP contribution is -2.26. The number of carbonyl (C=O) groups is 1. The Bertz CT molecular complexity index is 1020. The van der Waals surface area contributed by atoms with Crippen molar-refractivity contribution in [2.75, 3.05) is 32.3 Å². The lowest BCUT2D eigenvalue weighted by atomic mass is 10.2. The van der Waals surface area contributed by atoms with E-state index in [4.69, 9.17) is 14.2 Å². The van der Waals surface area contributed by atoms with Gasteiger partial charge in [0, 0.05) is 19.5 Å². The Hall–Kier alpha value is -2.78. The zero-order chi connectivity index (χ0) is 21.7. The summed E-state index contributed by atoms with van der Waals surface area (Å²) in [7, 11) is -0.770. The second-order valence-electron chi connectivity index (χ2n) is 6.73. The zero-order valence-electron chi connectivity index (χ0n) is 17.3. The lowest BCUT2D eigenvalue weighted by molar-refractivity contribution is -0.117. The van der Waals surface area contributed by atoms with Crippen LogP contribution in [0.15, 0.2) is 41.3 Å². The van der Waals surface area contributed by atoms with Gasteiger partial charge in [-0.15, -0.1) is 0 Å². The average Bonchev–Trinajstić information content (AvgIpc) is 3.18. The quantitative estimate of drug-likeness (QED) is 0.652. The summed E-state index contributed by atoms with van der Waals surface area (Å²) in [6.07, 6.45) is 1.18. The first-order valence-corrected chi connectivity index (χ1v) is 11.2. The van der Waals surface area contributed by atoms with Crippen molar-refractivity contribution < 1.29 is 27.4 Å². The van der Waals surface area contributed by atoms with Crippen molar-refractivity contribution in [2.45, 2.75) is 31.2 Å². The summed E-state index contributed by atoms with van der Waals surface area (Å²) in [4.78, 5) is 13.8. The number of nitrogens with one attached hydrogen (secondary N) is 1. The number of hydrogen-bond acceptors (Lipinski definition) is 6. The number of amides is 1. The average molecular weight is 435 g/mol. The van der Waals surface area contributed by atoms with Crippen LogP contribution in [0.25, 0.3) is 0 Å². The molecule has 8 nitrogen and oxygen atoms in total. The molecular formula is C21H26N2O6S. The van der Waals surface area contributed by atoms with Gasteiger partial charge in [-0.25, -0.2) is 13.1 Å². The third-order valence-electron chi connectivity index (χ3n) is 4.82. The molecule has 1 aliphatic heterocycles. The number of benzene rings is 2. The third-order valence-corrected chi connectivity index (χ3v) is 6.22. The molecule has 30 heavy (non-hydrogen) atoms. The fourth-order valence-corrected chi connectivity index (χ4v) is 4.35. The van der Waals surface area contributed by atoms with E-state index in [0.29, 0.717) is 42.5 Å². The van der Waals surface area contributed by atoms with E-state index in [0.717, 1.165) is 12.0 Å². The van der Waals surface area contributed by atoms with Crippen LogP contribution >= 0.6 is 0 Å². The van der Waals surface area contributed by atoms with Crippen LogP contribution in [0, 0.1) is 0 Å². The summed E-state index contributed by atoms with van der Waals surface area (Å²) in [5.74, 6) is 1.55. The number of hydrogen-bond donors (Lipinski definition) is 1. The molecule has 0 bridgehead atoms. The van der Waals surface area contributed by atoms with E-state index in [9.17, 15) is 13.2 Å². The maximum Gasteiger partial charge on any atom is 0.240 e. The van der Waals surface area contributed by atoms with E-state index in [1.807, 2.05) is 6.92 Å². The van der Waals surface area contributed by atoms with Crippen LogP contribution in [-0.4, -0.2) is 41.7 Å². The van der Waals surface area contributed by atoms with Crippen LogP contribution in [0.4, 0.5) is 5.69 Å². The van der Waals surface area contributed by atoms with E-state index in [1.54, 1.807) is 36.3 Å². The van der Waals surface area contributed by atoms with E-state index in [1.165, 1.54) is 19.2 Å². The fraction of sp³-hybridized carbons (Fsp3) is 0.381. The number of carbonyl (C=O) groups excluding carboxylic acids is 1. The van der Waals surface area contributed by atoms with Gasteiger partial charge in [-0.05, 0) is 49.2 Å². The lowest BCUT2D eigenvalue weighted by Gasteiger charge is -2.20. The standard InChI is InChI=1S/C21H26N2O6S/c1-4-29-20-12-15(7-9-19(20)28-3)14-22-30(25,26)16-8-10-18(27-2)17(13-16)23-11-5-6-21(23)24/h7-10,12-13,22H,4-6,11,14H2,1-3H3. The molecule has 2 aromatic rings. The van der Waals surface area contributed by atoms with Crippen LogP contribution in [-0.2, 0) is 21.4 Å². The molecule has 0 aromatic heterocycles. The predicted octanol–water partition coefficient (Wildman–Crippen LogP) is 2.71. The van der Waals surface area contributed by atoms with E-state index in [2.05, 4.69) is 4.72 Å². The number of rotatable bonds is 9. The van der Waals surface area contributed by atoms with Gasteiger partial charge in [0.2, 0.25) is 15.9 Å². The van der Waals surface area contributed by atoms with Crippen LogP contribution in [0.1, 0.15) is 25.3 Å². The van der Waals surface area contributed by atoms with Crippen molar-refractivity contribution in [3.05, 3.63) is 42.0 Å². The molecule has 0 unspecified atom stereocenters. The van der Waals surface area contributed by atoms with Crippen LogP contribution < -0.4 is 23.8 Å². The maximum atomic E-state index is 12.9. The minimum Gasteiger partial charge on any atom is -0.495 e. The Kier molecular flexibility index (Phi) is 6.84. The Balaban J connectivity index is 1.82. The van der Waals surface area contributed by atoms with E-state index >= 15 is 0 Å². The second kappa shape index (κ2) is 9.36. The highest BCUT2D eigenvalue weighted by atomic mass is 32.2. The molecule has 3 rings (SSSR count). The van der Waals surface area contributed by atoms with Crippen LogP contribution in [0.2, 0.25) is 0 Å². The Morgan fingerprint density at radius 1 is 1.03 bits per heavy atom. The molecule has 2 aromatic carbocycles. The third kappa shape index (κ3) is 4.68. The van der Waals surface area contributed by atoms with E-state index < -0.39 is 10.0 Å². The summed E-state index contributed by atoms with van der Waals surface area (Å²) in [5.41, 5.74) is 1.19. The van der Waals surface area contributed by atoms with Crippen LogP contribution in [0.5, 0.6) is 17.2 Å². The monoisotopic (exact) mass is 434 g/mol. The Labute approximate surface area is 176 Å².